The van der Waals surface area contributed by atoms with Gasteiger partial charge in [0.05, 0.1) is 0 Å². The second-order valence-corrected chi connectivity index (χ2v) is 4.62. The van der Waals surface area contributed by atoms with Crippen LogP contribution in [0.5, 0.6) is 0 Å². The smallest absolute Gasteiger partial charge is 0.107 e. The van der Waals surface area contributed by atoms with Crippen molar-refractivity contribution in [3.05, 3.63) is 39.9 Å². The molecule has 0 amide bonds. The van der Waals surface area contributed by atoms with Crippen LogP contribution in [0, 0.1) is 3.70 Å². The number of aliphatic hydroxyl groups is 1. The first-order valence-electron chi connectivity index (χ1n) is 5.22. The summed E-state index contributed by atoms with van der Waals surface area (Å²) in [7, 11) is 0. The van der Waals surface area contributed by atoms with E-state index in [2.05, 4.69) is 32.6 Å². The Morgan fingerprint density at radius 2 is 2.00 bits per heavy atom. The first-order valence-corrected chi connectivity index (χ1v) is 6.30. The molecule has 0 saturated heterocycles. The summed E-state index contributed by atoms with van der Waals surface area (Å²) in [5.41, 5.74) is 2.12. The molecule has 0 aliphatic heterocycles. The Kier molecular flexibility index (Phi) is 3.95. The van der Waals surface area contributed by atoms with Crippen molar-refractivity contribution in [3.63, 3.8) is 0 Å². The highest BCUT2D eigenvalue weighted by Gasteiger charge is 2.09. The van der Waals surface area contributed by atoms with E-state index in [4.69, 9.17) is 5.11 Å². The van der Waals surface area contributed by atoms with Crippen molar-refractivity contribution in [2.24, 2.45) is 0 Å². The Balaban J connectivity index is 2.25. The monoisotopic (exact) mass is 328 g/mol. The minimum Gasteiger partial charge on any atom is -0.396 e. The molecule has 0 radical (unpaired) electrons. The Hall–Kier alpha value is -0.880. The van der Waals surface area contributed by atoms with Crippen molar-refractivity contribution in [2.45, 2.75) is 12.8 Å². The summed E-state index contributed by atoms with van der Waals surface area (Å²) in [6.45, 7) is 0.206. The van der Waals surface area contributed by atoms with Gasteiger partial charge in [-0.25, -0.2) is 4.98 Å². The summed E-state index contributed by atoms with van der Waals surface area (Å²) < 4.78 is 1.05. The molecule has 0 aliphatic rings. The van der Waals surface area contributed by atoms with Gasteiger partial charge in [0.15, 0.2) is 0 Å². The Morgan fingerprint density at radius 1 is 1.25 bits per heavy atom. The standard InChI is InChI=1S/C12H13IN2O/c13-12-11(9-5-2-1-3-6-9)14-10(15-12)7-4-8-16/h1-3,5-6,16H,4,7-8H2,(H,14,15). The second kappa shape index (κ2) is 5.45. The predicted molar refractivity (Wildman–Crippen MR) is 72.1 cm³/mol. The van der Waals surface area contributed by atoms with Crippen molar-refractivity contribution < 1.29 is 5.11 Å². The molecular formula is C12H13IN2O. The van der Waals surface area contributed by atoms with Crippen molar-refractivity contribution in [1.82, 2.24) is 9.97 Å². The molecule has 0 bridgehead atoms. The number of aromatic amines is 1. The zero-order valence-corrected chi connectivity index (χ0v) is 10.9. The maximum Gasteiger partial charge on any atom is 0.107 e. The maximum absolute atomic E-state index is 8.78. The minimum absolute atomic E-state index is 0.206. The number of nitrogens with one attached hydrogen (secondary N) is 1. The number of imidazole rings is 1. The maximum atomic E-state index is 8.78. The molecular weight excluding hydrogens is 315 g/mol. The van der Waals surface area contributed by atoms with Gasteiger partial charge in [0.1, 0.15) is 15.2 Å². The average Bonchev–Trinajstić information content (AvgIpc) is 2.69. The van der Waals surface area contributed by atoms with E-state index in [0.29, 0.717) is 0 Å². The van der Waals surface area contributed by atoms with Crippen LogP contribution in [0.15, 0.2) is 30.3 Å². The number of halogens is 1. The molecule has 4 heteroatoms. The summed E-state index contributed by atoms with van der Waals surface area (Å²) in [6, 6.07) is 10.1. The van der Waals surface area contributed by atoms with Crippen molar-refractivity contribution in [1.29, 1.82) is 0 Å². The van der Waals surface area contributed by atoms with Crippen LogP contribution < -0.4 is 0 Å². The molecule has 1 heterocycles. The fourth-order valence-corrected chi connectivity index (χ4v) is 2.29. The largest absolute Gasteiger partial charge is 0.396 e. The molecule has 2 rings (SSSR count). The van der Waals surface area contributed by atoms with Gasteiger partial charge in [-0.2, -0.15) is 0 Å². The number of H-pyrrole nitrogens is 1. The average molecular weight is 328 g/mol. The molecule has 2 aromatic rings. The summed E-state index contributed by atoms with van der Waals surface area (Å²) in [5.74, 6) is 0.942. The van der Waals surface area contributed by atoms with Gasteiger partial charge in [0, 0.05) is 18.6 Å². The lowest BCUT2D eigenvalue weighted by Crippen LogP contribution is -1.91. The van der Waals surface area contributed by atoms with E-state index in [1.165, 1.54) is 0 Å². The van der Waals surface area contributed by atoms with Crippen molar-refractivity contribution in [2.75, 3.05) is 6.61 Å². The molecule has 0 fully saturated rings. The van der Waals surface area contributed by atoms with Crippen LogP contribution in [0.4, 0.5) is 0 Å². The number of rotatable bonds is 4. The number of aromatic nitrogens is 2. The highest BCUT2D eigenvalue weighted by molar-refractivity contribution is 14.1. The van der Waals surface area contributed by atoms with Crippen molar-refractivity contribution in [3.8, 4) is 11.3 Å². The topological polar surface area (TPSA) is 48.9 Å². The molecule has 0 atom stereocenters. The van der Waals surface area contributed by atoms with Gasteiger partial charge in [-0.3, -0.25) is 0 Å². The van der Waals surface area contributed by atoms with Crippen LogP contribution in [-0.2, 0) is 6.42 Å². The fraction of sp³-hybridized carbons (Fsp3) is 0.250. The molecule has 0 spiro atoms. The highest BCUT2D eigenvalue weighted by atomic mass is 127. The zero-order valence-electron chi connectivity index (χ0n) is 8.78. The van der Waals surface area contributed by atoms with Gasteiger partial charge in [0.25, 0.3) is 0 Å². The van der Waals surface area contributed by atoms with Gasteiger partial charge in [0.2, 0.25) is 0 Å². The van der Waals surface area contributed by atoms with E-state index in [9.17, 15) is 0 Å². The third kappa shape index (κ3) is 2.62. The highest BCUT2D eigenvalue weighted by Crippen LogP contribution is 2.22. The van der Waals surface area contributed by atoms with Crippen LogP contribution in [-0.4, -0.2) is 21.7 Å². The molecule has 84 valence electrons. The SMILES string of the molecule is OCCCc1nc(-c2ccccc2)c(I)[nH]1. The lowest BCUT2D eigenvalue weighted by Gasteiger charge is -1.95. The molecule has 0 aliphatic carbocycles. The van der Waals surface area contributed by atoms with Crippen LogP contribution >= 0.6 is 22.6 Å². The number of hydrogen-bond donors (Lipinski definition) is 2. The first kappa shape index (κ1) is 11.6. The van der Waals surface area contributed by atoms with Crippen LogP contribution in [0.25, 0.3) is 11.3 Å². The molecule has 1 aromatic heterocycles. The first-order chi connectivity index (χ1) is 7.81. The summed E-state index contributed by atoms with van der Waals surface area (Å²) in [6.07, 6.45) is 1.54. The molecule has 16 heavy (non-hydrogen) atoms. The fourth-order valence-electron chi connectivity index (χ4n) is 1.55. The molecule has 0 saturated carbocycles. The number of aliphatic hydroxyl groups excluding tert-OH is 1. The Bertz CT molecular complexity index is 453. The van der Waals surface area contributed by atoms with E-state index < -0.39 is 0 Å². The Labute approximate surface area is 108 Å². The number of hydrogen-bond acceptors (Lipinski definition) is 2. The van der Waals surface area contributed by atoms with Gasteiger partial charge in [-0.1, -0.05) is 30.3 Å². The predicted octanol–water partition coefficient (Wildman–Crippen LogP) is 2.61. The number of aryl methyl sites for hydroxylation is 1. The normalized spacial score (nSPS) is 10.6. The Morgan fingerprint density at radius 3 is 2.69 bits per heavy atom. The van der Waals surface area contributed by atoms with Gasteiger partial charge >= 0.3 is 0 Å². The zero-order chi connectivity index (χ0) is 11.4. The number of nitrogens with zero attached hydrogens (tertiary/aromatic N) is 1. The molecule has 1 aromatic carbocycles. The van der Waals surface area contributed by atoms with Gasteiger partial charge in [-0.05, 0) is 29.0 Å². The minimum atomic E-state index is 0.206. The van der Waals surface area contributed by atoms with E-state index in [0.717, 1.165) is 33.6 Å². The molecule has 0 unspecified atom stereocenters. The van der Waals surface area contributed by atoms with E-state index in [1.54, 1.807) is 0 Å². The third-order valence-corrected chi connectivity index (χ3v) is 3.11. The quantitative estimate of drug-likeness (QED) is 0.848. The third-order valence-electron chi connectivity index (χ3n) is 2.33. The van der Waals surface area contributed by atoms with Crippen LogP contribution in [0.2, 0.25) is 0 Å². The lowest BCUT2D eigenvalue weighted by molar-refractivity contribution is 0.287. The van der Waals surface area contributed by atoms with Crippen LogP contribution in [0.1, 0.15) is 12.2 Å². The van der Waals surface area contributed by atoms with E-state index in [1.807, 2.05) is 30.3 Å². The summed E-state index contributed by atoms with van der Waals surface area (Å²) >= 11 is 2.26. The summed E-state index contributed by atoms with van der Waals surface area (Å²) in [5, 5.41) is 8.78. The van der Waals surface area contributed by atoms with Gasteiger partial charge < -0.3 is 10.1 Å². The summed E-state index contributed by atoms with van der Waals surface area (Å²) in [4.78, 5) is 7.79. The molecule has 2 N–H and O–H groups in total. The van der Waals surface area contributed by atoms with Gasteiger partial charge in [-0.15, -0.1) is 0 Å². The number of benzene rings is 1. The molecule has 3 nitrogen and oxygen atoms in total. The lowest BCUT2D eigenvalue weighted by atomic mass is 10.2. The van der Waals surface area contributed by atoms with E-state index in [-0.39, 0.29) is 6.61 Å². The van der Waals surface area contributed by atoms with E-state index >= 15 is 0 Å². The van der Waals surface area contributed by atoms with Crippen LogP contribution in [0.3, 0.4) is 0 Å². The van der Waals surface area contributed by atoms with Crippen molar-refractivity contribution >= 4 is 22.6 Å². The second-order valence-electron chi connectivity index (χ2n) is 3.54.